The zero-order chi connectivity index (χ0) is 20.8. The highest BCUT2D eigenvalue weighted by molar-refractivity contribution is 6.04. The van der Waals surface area contributed by atoms with Gasteiger partial charge in [-0.05, 0) is 53.0 Å². The number of urea groups is 1. The Morgan fingerprint density at radius 3 is 2.61 bits per heavy atom. The summed E-state index contributed by atoms with van der Waals surface area (Å²) in [5.74, 6) is -0.713. The maximum absolute atomic E-state index is 13.0. The smallest absolute Gasteiger partial charge is 0.355 e. The molecule has 2 heterocycles. The van der Waals surface area contributed by atoms with Crippen molar-refractivity contribution in [1.29, 1.82) is 0 Å². The monoisotopic (exact) mass is 393 g/mol. The van der Waals surface area contributed by atoms with Crippen LogP contribution in [-0.2, 0) is 9.47 Å². The summed E-state index contributed by atoms with van der Waals surface area (Å²) in [5.41, 5.74) is 1.84. The molecule has 1 fully saturated rings. The Bertz CT molecular complexity index is 720. The first-order valence-electron chi connectivity index (χ1n) is 9.81. The van der Waals surface area contributed by atoms with Gasteiger partial charge in [-0.1, -0.05) is 0 Å². The quantitative estimate of drug-likeness (QED) is 0.522. The highest BCUT2D eigenvalue weighted by atomic mass is 16.5. The highest BCUT2D eigenvalue weighted by Crippen LogP contribution is 2.21. The molecule has 0 aromatic carbocycles. The van der Waals surface area contributed by atoms with E-state index in [1.165, 1.54) is 4.90 Å². The van der Waals surface area contributed by atoms with Crippen LogP contribution in [-0.4, -0.2) is 66.1 Å². The molecular weight excluding hydrogens is 362 g/mol. The minimum Gasteiger partial charge on any atom is -0.461 e. The predicted octanol–water partition coefficient (Wildman–Crippen LogP) is 2.59. The molecule has 1 saturated heterocycles. The maximum atomic E-state index is 13.0. The second-order valence-corrected chi connectivity index (χ2v) is 7.39. The van der Waals surface area contributed by atoms with Crippen molar-refractivity contribution in [3.63, 3.8) is 0 Å². The molecule has 0 spiro atoms. The minimum absolute atomic E-state index is 0.0410. The summed E-state index contributed by atoms with van der Waals surface area (Å²) < 4.78 is 10.7. The topological polar surface area (TPSA) is 101 Å². The molecule has 1 aromatic rings. The maximum Gasteiger partial charge on any atom is 0.355 e. The Balaban J connectivity index is 2.20. The first kappa shape index (κ1) is 21.9. The average molecular weight is 393 g/mol. The number of esters is 1. The Hall–Kier alpha value is -2.35. The summed E-state index contributed by atoms with van der Waals surface area (Å²) in [4.78, 5) is 42.1. The third kappa shape index (κ3) is 5.34. The number of Topliss-reactive ketones (excluding diaryl/α,β-unsaturated/α-hetero) is 1. The lowest BCUT2D eigenvalue weighted by molar-refractivity contribution is 0.0519. The number of amides is 2. The van der Waals surface area contributed by atoms with Crippen LogP contribution >= 0.6 is 0 Å². The molecule has 2 amide bonds. The summed E-state index contributed by atoms with van der Waals surface area (Å²) in [6.07, 6.45) is 1.76. The van der Waals surface area contributed by atoms with Crippen LogP contribution in [0.4, 0.5) is 4.79 Å². The number of nitrogens with one attached hydrogen (secondary N) is 2. The van der Waals surface area contributed by atoms with Crippen molar-refractivity contribution in [3.8, 4) is 0 Å². The number of aryl methyl sites for hydroxylation is 1. The minimum atomic E-state index is -0.490. The van der Waals surface area contributed by atoms with Crippen molar-refractivity contribution in [2.45, 2.75) is 59.6 Å². The Kier molecular flexibility index (Phi) is 7.62. The van der Waals surface area contributed by atoms with Gasteiger partial charge in [-0.2, -0.15) is 0 Å². The van der Waals surface area contributed by atoms with Crippen LogP contribution in [0.15, 0.2) is 0 Å². The fraction of sp³-hybridized carbons (Fsp3) is 0.650. The van der Waals surface area contributed by atoms with Crippen molar-refractivity contribution in [1.82, 2.24) is 15.2 Å². The number of ether oxygens (including phenoxy) is 2. The molecule has 28 heavy (non-hydrogen) atoms. The van der Waals surface area contributed by atoms with Gasteiger partial charge >= 0.3 is 12.0 Å². The summed E-state index contributed by atoms with van der Waals surface area (Å²) in [6.45, 7) is 10.1. The van der Waals surface area contributed by atoms with Gasteiger partial charge in [0.25, 0.3) is 0 Å². The lowest BCUT2D eigenvalue weighted by Crippen LogP contribution is -2.48. The van der Waals surface area contributed by atoms with E-state index in [2.05, 4.69) is 10.3 Å². The number of ketones is 1. The molecule has 0 saturated carbocycles. The highest BCUT2D eigenvalue weighted by Gasteiger charge is 2.28. The number of hydrogen-bond acceptors (Lipinski definition) is 5. The number of aromatic amines is 1. The first-order valence-corrected chi connectivity index (χ1v) is 9.81. The molecule has 1 unspecified atom stereocenters. The standard InChI is InChI=1S/C20H31N3O5/c1-6-27-19(25)18-13(4)17(14(5)22-18)16(24)11-23(20(26)21-12(2)3)10-15-8-7-9-28-15/h12,15,22H,6-11H2,1-5H3,(H,21,26). The van der Waals surface area contributed by atoms with Crippen LogP contribution < -0.4 is 5.32 Å². The van der Waals surface area contributed by atoms with Crippen LogP contribution in [0, 0.1) is 13.8 Å². The predicted molar refractivity (Wildman–Crippen MR) is 105 cm³/mol. The van der Waals surface area contributed by atoms with Gasteiger partial charge in [-0.25, -0.2) is 9.59 Å². The Morgan fingerprint density at radius 1 is 1.32 bits per heavy atom. The number of H-pyrrole nitrogens is 1. The van der Waals surface area contributed by atoms with Gasteiger partial charge < -0.3 is 24.7 Å². The van der Waals surface area contributed by atoms with Crippen LogP contribution in [0.5, 0.6) is 0 Å². The van der Waals surface area contributed by atoms with Gasteiger partial charge in [0.1, 0.15) is 5.69 Å². The summed E-state index contributed by atoms with van der Waals surface area (Å²) in [6, 6.07) is -0.337. The van der Waals surface area contributed by atoms with Crippen molar-refractivity contribution < 1.29 is 23.9 Å². The van der Waals surface area contributed by atoms with Gasteiger partial charge in [-0.3, -0.25) is 4.79 Å². The van der Waals surface area contributed by atoms with Crippen molar-refractivity contribution in [2.24, 2.45) is 0 Å². The van der Waals surface area contributed by atoms with E-state index in [1.807, 2.05) is 13.8 Å². The molecule has 1 atom stereocenters. The molecule has 1 aliphatic heterocycles. The number of carbonyl (C=O) groups excluding carboxylic acids is 3. The van der Waals surface area contributed by atoms with Crippen molar-refractivity contribution in [2.75, 3.05) is 26.3 Å². The molecule has 156 valence electrons. The molecule has 2 N–H and O–H groups in total. The third-order valence-electron chi connectivity index (χ3n) is 4.68. The lowest BCUT2D eigenvalue weighted by Gasteiger charge is -2.26. The number of hydrogen-bond donors (Lipinski definition) is 2. The molecule has 1 aromatic heterocycles. The van der Waals surface area contributed by atoms with E-state index in [9.17, 15) is 14.4 Å². The second kappa shape index (κ2) is 9.73. The number of nitrogens with zero attached hydrogens (tertiary/aromatic N) is 1. The molecule has 0 aliphatic carbocycles. The van der Waals surface area contributed by atoms with Gasteiger partial charge in [-0.15, -0.1) is 0 Å². The molecule has 1 aliphatic rings. The molecular formula is C20H31N3O5. The van der Waals surface area contributed by atoms with Crippen molar-refractivity contribution >= 4 is 17.8 Å². The van der Waals surface area contributed by atoms with E-state index >= 15 is 0 Å². The average Bonchev–Trinajstić information content (AvgIpc) is 3.21. The molecule has 8 heteroatoms. The Morgan fingerprint density at radius 2 is 2.04 bits per heavy atom. The third-order valence-corrected chi connectivity index (χ3v) is 4.68. The molecule has 0 radical (unpaired) electrons. The molecule has 8 nitrogen and oxygen atoms in total. The zero-order valence-electron chi connectivity index (χ0n) is 17.4. The van der Waals surface area contributed by atoms with Crippen LogP contribution in [0.25, 0.3) is 0 Å². The van der Waals surface area contributed by atoms with E-state index in [0.717, 1.165) is 12.8 Å². The fourth-order valence-electron chi connectivity index (χ4n) is 3.42. The molecule has 0 bridgehead atoms. The SMILES string of the molecule is CCOC(=O)c1[nH]c(C)c(C(=O)CN(CC2CCCO2)C(=O)NC(C)C)c1C. The summed E-state index contributed by atoms with van der Waals surface area (Å²) in [5, 5.41) is 2.84. The number of aromatic nitrogens is 1. The van der Waals surface area contributed by atoms with E-state index in [4.69, 9.17) is 9.47 Å². The van der Waals surface area contributed by atoms with Gasteiger partial charge in [0.05, 0.1) is 19.3 Å². The second-order valence-electron chi connectivity index (χ2n) is 7.39. The number of carbonyl (C=O) groups is 3. The summed E-state index contributed by atoms with van der Waals surface area (Å²) in [7, 11) is 0. The largest absolute Gasteiger partial charge is 0.461 e. The van der Waals surface area contributed by atoms with E-state index in [1.54, 1.807) is 20.8 Å². The van der Waals surface area contributed by atoms with E-state index < -0.39 is 5.97 Å². The van der Waals surface area contributed by atoms with Gasteiger partial charge in [0.15, 0.2) is 5.78 Å². The van der Waals surface area contributed by atoms with Crippen LogP contribution in [0.3, 0.4) is 0 Å². The number of rotatable bonds is 8. The zero-order valence-corrected chi connectivity index (χ0v) is 17.4. The van der Waals surface area contributed by atoms with Crippen molar-refractivity contribution in [3.05, 3.63) is 22.5 Å². The van der Waals surface area contributed by atoms with E-state index in [-0.39, 0.29) is 42.8 Å². The summed E-state index contributed by atoms with van der Waals surface area (Å²) >= 11 is 0. The Labute approximate surface area is 165 Å². The first-order chi connectivity index (χ1) is 13.2. The normalized spacial score (nSPS) is 16.3. The van der Waals surface area contributed by atoms with Gasteiger partial charge in [0, 0.05) is 30.5 Å². The fourth-order valence-corrected chi connectivity index (χ4v) is 3.42. The van der Waals surface area contributed by atoms with Crippen LogP contribution in [0.1, 0.15) is 65.7 Å². The van der Waals surface area contributed by atoms with Gasteiger partial charge in [0.2, 0.25) is 0 Å². The lowest BCUT2D eigenvalue weighted by atomic mass is 10.0. The van der Waals surface area contributed by atoms with E-state index in [0.29, 0.717) is 30.0 Å². The molecule has 2 rings (SSSR count). The van der Waals surface area contributed by atoms with Crippen LogP contribution in [0.2, 0.25) is 0 Å².